The number of fused-ring (bicyclic) bond motifs is 7. The lowest BCUT2D eigenvalue weighted by molar-refractivity contribution is -0.218. The van der Waals surface area contributed by atoms with Crippen molar-refractivity contribution in [1.29, 1.82) is 0 Å². The maximum Gasteiger partial charge on any atom is 0.312 e. The number of aliphatic hydroxyl groups excluding tert-OH is 2. The third-order valence-corrected chi connectivity index (χ3v) is 15.5. The lowest BCUT2D eigenvalue weighted by atomic mass is 9.33. The molecule has 2 aromatic rings. The van der Waals surface area contributed by atoms with Gasteiger partial charge in [0.25, 0.3) is 0 Å². The number of methoxy groups -OCH3 is 1. The molecule has 2 aromatic carbocycles. The van der Waals surface area contributed by atoms with E-state index in [1.807, 2.05) is 6.07 Å². The number of aliphatic hydroxyl groups is 2. The standard InChI is InChI=1S/C30H48O4.C14H12O3/c1-25(2)14-15-30(24(33)34)19(16-25)18-8-9-21-27(5)12-11-22(31)26(3,4)20(27)10-13-28(21,6)29(18,7)17-23(30)32;1-17-11-7-8-12(13(15)9-11)14(16)10-5-3-2-4-6-10/h8,19-23,31-32H,9-17H2,1-7H3,(H,33,34);2-9,15H,1H3. The number of aromatic hydroxyl groups is 1. The Balaban J connectivity index is 0.000000221. The topological polar surface area (TPSA) is 124 Å². The van der Waals surface area contributed by atoms with Crippen LogP contribution >= 0.6 is 0 Å². The van der Waals surface area contributed by atoms with Crippen LogP contribution in [0.2, 0.25) is 0 Å². The van der Waals surface area contributed by atoms with E-state index in [-0.39, 0.29) is 56.2 Å². The number of phenolic OH excluding ortho intramolecular Hbond substituents is 1. The van der Waals surface area contributed by atoms with Gasteiger partial charge in [-0.1, -0.05) is 90.4 Å². The Morgan fingerprint density at radius 1 is 0.804 bits per heavy atom. The van der Waals surface area contributed by atoms with Crippen molar-refractivity contribution >= 4 is 11.8 Å². The summed E-state index contributed by atoms with van der Waals surface area (Å²) in [5, 5.41) is 42.8. The Morgan fingerprint density at radius 3 is 2.12 bits per heavy atom. The third-order valence-electron chi connectivity index (χ3n) is 15.5. The maximum atomic E-state index is 12.8. The predicted molar refractivity (Wildman–Crippen MR) is 199 cm³/mol. The molecule has 51 heavy (non-hydrogen) atoms. The average molecular weight is 701 g/mol. The van der Waals surface area contributed by atoms with Crippen LogP contribution in [0.4, 0.5) is 0 Å². The van der Waals surface area contributed by atoms with Gasteiger partial charge in [0.1, 0.15) is 16.9 Å². The molecule has 4 fully saturated rings. The first-order chi connectivity index (χ1) is 23.8. The molecule has 0 bridgehead atoms. The summed E-state index contributed by atoms with van der Waals surface area (Å²) in [5.41, 5.74) is 1.12. The van der Waals surface area contributed by atoms with Crippen LogP contribution in [0.1, 0.15) is 122 Å². The van der Waals surface area contributed by atoms with E-state index in [4.69, 9.17) is 4.74 Å². The highest BCUT2D eigenvalue weighted by molar-refractivity contribution is 6.10. The fraction of sp³-hybridized carbons (Fsp3) is 0.636. The number of carboxylic acids is 1. The van der Waals surface area contributed by atoms with Crippen molar-refractivity contribution in [3.05, 3.63) is 71.3 Å². The zero-order chi connectivity index (χ0) is 37.4. The van der Waals surface area contributed by atoms with E-state index >= 15 is 0 Å². The molecule has 278 valence electrons. The number of carboxylic acid groups (broad SMARTS) is 1. The molecule has 0 spiro atoms. The van der Waals surface area contributed by atoms with Crippen molar-refractivity contribution < 1.29 is 34.8 Å². The highest BCUT2D eigenvalue weighted by atomic mass is 16.5. The molecule has 0 aromatic heterocycles. The van der Waals surface area contributed by atoms with Crippen LogP contribution in [0.25, 0.3) is 0 Å². The van der Waals surface area contributed by atoms with Gasteiger partial charge in [-0.05, 0) is 115 Å². The monoisotopic (exact) mass is 700 g/mol. The number of carbonyl (C=O) groups excluding carboxylic acids is 1. The SMILES string of the molecule is CC1(C)CCC2(C(=O)O)C(O)CC3(C)C(=CCC4C5(C)CCC(O)C(C)(C)C5CCC43C)C2C1.COc1ccc(C(=O)c2ccccc2)c(O)c1. The Bertz CT molecular complexity index is 1690. The Hall–Kier alpha value is -3.16. The summed E-state index contributed by atoms with van der Waals surface area (Å²) in [4.78, 5) is 24.9. The van der Waals surface area contributed by atoms with Crippen LogP contribution in [0.5, 0.6) is 11.5 Å². The number of ketones is 1. The lowest BCUT2D eigenvalue weighted by Crippen LogP contribution is -2.67. The zero-order valence-corrected chi connectivity index (χ0v) is 32.0. The van der Waals surface area contributed by atoms with Crippen molar-refractivity contribution in [2.45, 2.75) is 118 Å². The van der Waals surface area contributed by atoms with E-state index < -0.39 is 17.5 Å². The fourth-order valence-corrected chi connectivity index (χ4v) is 12.3. The van der Waals surface area contributed by atoms with Crippen LogP contribution in [0, 0.1) is 50.2 Å². The second-order valence-electron chi connectivity index (χ2n) is 18.7. The smallest absolute Gasteiger partial charge is 0.312 e. The summed E-state index contributed by atoms with van der Waals surface area (Å²) < 4.78 is 4.96. The zero-order valence-electron chi connectivity index (χ0n) is 32.0. The molecule has 0 amide bonds. The molecule has 0 radical (unpaired) electrons. The summed E-state index contributed by atoms with van der Waals surface area (Å²) in [6.07, 6.45) is 9.35. The van der Waals surface area contributed by atoms with Crippen LogP contribution in [-0.2, 0) is 4.79 Å². The normalized spacial score (nSPS) is 38.9. The number of phenols is 1. The molecule has 7 heteroatoms. The number of hydrogen-bond acceptors (Lipinski definition) is 6. The highest BCUT2D eigenvalue weighted by Gasteiger charge is 2.71. The molecule has 5 aliphatic rings. The minimum Gasteiger partial charge on any atom is -0.507 e. The summed E-state index contributed by atoms with van der Waals surface area (Å²) >= 11 is 0. The van der Waals surface area contributed by atoms with Crippen LogP contribution in [-0.4, -0.2) is 51.5 Å². The van der Waals surface area contributed by atoms with E-state index in [1.54, 1.807) is 36.4 Å². The first kappa shape index (κ1) is 37.6. The summed E-state index contributed by atoms with van der Waals surface area (Å²) in [5.74, 6) is 0.335. The van der Waals surface area contributed by atoms with Crippen molar-refractivity contribution in [1.82, 2.24) is 0 Å². The average Bonchev–Trinajstić information content (AvgIpc) is 3.07. The van der Waals surface area contributed by atoms with Gasteiger partial charge in [0.15, 0.2) is 5.78 Å². The highest BCUT2D eigenvalue weighted by Crippen LogP contribution is 2.75. The van der Waals surface area contributed by atoms with Crippen LogP contribution in [0.3, 0.4) is 0 Å². The van der Waals surface area contributed by atoms with Crippen LogP contribution < -0.4 is 4.74 Å². The molecule has 4 saturated carbocycles. The van der Waals surface area contributed by atoms with Gasteiger partial charge in [0.2, 0.25) is 0 Å². The molecular formula is C44H60O7. The number of rotatable bonds is 4. The van der Waals surface area contributed by atoms with E-state index in [1.165, 1.54) is 18.7 Å². The first-order valence-electron chi connectivity index (χ1n) is 19.1. The maximum absolute atomic E-state index is 12.8. The van der Waals surface area contributed by atoms with Crippen molar-refractivity contribution in [2.24, 2.45) is 50.2 Å². The number of benzene rings is 2. The first-order valence-corrected chi connectivity index (χ1v) is 19.1. The van der Waals surface area contributed by atoms with Crippen molar-refractivity contribution in [2.75, 3.05) is 7.11 Å². The van der Waals surface area contributed by atoms with Gasteiger partial charge in [0.05, 0.1) is 24.9 Å². The molecule has 5 aliphatic carbocycles. The minimum atomic E-state index is -1.04. The van der Waals surface area contributed by atoms with E-state index in [2.05, 4.69) is 54.5 Å². The fourth-order valence-electron chi connectivity index (χ4n) is 12.3. The van der Waals surface area contributed by atoms with E-state index in [0.717, 1.165) is 44.9 Å². The predicted octanol–water partition coefficient (Wildman–Crippen LogP) is 8.84. The molecule has 7 rings (SSSR count). The molecule has 0 aliphatic heterocycles. The quantitative estimate of drug-likeness (QED) is 0.186. The summed E-state index contributed by atoms with van der Waals surface area (Å²) in [6, 6.07) is 13.5. The second kappa shape index (κ2) is 12.8. The van der Waals surface area contributed by atoms with Gasteiger partial charge in [-0.25, -0.2) is 0 Å². The summed E-state index contributed by atoms with van der Waals surface area (Å²) in [6.45, 7) is 16.4. The minimum absolute atomic E-state index is 0.0218. The Morgan fingerprint density at radius 2 is 1.49 bits per heavy atom. The largest absolute Gasteiger partial charge is 0.507 e. The lowest BCUT2D eigenvalue weighted by Gasteiger charge is -2.71. The van der Waals surface area contributed by atoms with Crippen LogP contribution in [0.15, 0.2) is 60.2 Å². The third kappa shape index (κ3) is 5.67. The molecule has 0 heterocycles. The molecule has 4 N–H and O–H groups in total. The molecule has 0 saturated heterocycles. The second-order valence-corrected chi connectivity index (χ2v) is 18.7. The number of carbonyl (C=O) groups is 2. The molecule has 7 nitrogen and oxygen atoms in total. The molecular weight excluding hydrogens is 640 g/mol. The van der Waals surface area contributed by atoms with E-state index in [9.17, 15) is 30.0 Å². The van der Waals surface area contributed by atoms with Crippen molar-refractivity contribution in [3.8, 4) is 11.5 Å². The Labute approximate surface area is 304 Å². The van der Waals surface area contributed by atoms with Gasteiger partial charge >= 0.3 is 5.97 Å². The van der Waals surface area contributed by atoms with Gasteiger partial charge in [0, 0.05) is 11.6 Å². The van der Waals surface area contributed by atoms with Gasteiger partial charge < -0.3 is 25.2 Å². The number of aliphatic carboxylic acids is 1. The van der Waals surface area contributed by atoms with Gasteiger partial charge in [-0.15, -0.1) is 0 Å². The molecule has 9 atom stereocenters. The number of allylic oxidation sites excluding steroid dienone is 2. The number of hydrogen-bond donors (Lipinski definition) is 4. The van der Waals surface area contributed by atoms with Gasteiger partial charge in [-0.3, -0.25) is 9.59 Å². The summed E-state index contributed by atoms with van der Waals surface area (Å²) in [7, 11) is 1.51. The number of ether oxygens (including phenoxy) is 1. The molecule has 9 unspecified atom stereocenters. The Kier molecular flexibility index (Phi) is 9.40. The van der Waals surface area contributed by atoms with E-state index in [0.29, 0.717) is 36.0 Å². The van der Waals surface area contributed by atoms with Gasteiger partial charge in [-0.2, -0.15) is 0 Å². The van der Waals surface area contributed by atoms with Crippen molar-refractivity contribution in [3.63, 3.8) is 0 Å².